The molecule has 4 nitrogen and oxygen atoms in total. The number of rotatable bonds is 6. The fraction of sp³-hybridized carbons (Fsp3) is 0.438. The minimum Gasteiger partial charge on any atom is -0.489 e. The van der Waals surface area contributed by atoms with E-state index < -0.39 is 11.9 Å². The maximum absolute atomic E-state index is 12.7. The van der Waals surface area contributed by atoms with Gasteiger partial charge in [0.15, 0.2) is 0 Å². The summed E-state index contributed by atoms with van der Waals surface area (Å²) < 4.78 is 45.1. The highest BCUT2D eigenvalue weighted by Crippen LogP contribution is 2.30. The van der Waals surface area contributed by atoms with Crippen LogP contribution >= 0.6 is 0 Å². The molecule has 1 N–H and O–H groups in total. The first kappa shape index (κ1) is 17.2. The van der Waals surface area contributed by atoms with Crippen molar-refractivity contribution in [1.29, 1.82) is 0 Å². The number of hydrogen-bond donors (Lipinski definition) is 1. The molecule has 0 fully saturated rings. The van der Waals surface area contributed by atoms with Crippen molar-refractivity contribution in [3.63, 3.8) is 0 Å². The number of alkyl halides is 3. The number of nitrogens with one attached hydrogen (secondary N) is 1. The minimum atomic E-state index is -4.41. The van der Waals surface area contributed by atoms with Gasteiger partial charge in [-0.3, -0.25) is 0 Å². The summed E-state index contributed by atoms with van der Waals surface area (Å²) in [5.74, 6) is 0.915. The lowest BCUT2D eigenvalue weighted by atomic mass is 10.2. The molecule has 0 spiro atoms. The number of hydrogen-bond acceptors (Lipinski definition) is 3. The number of nitrogens with zero attached hydrogens (tertiary/aromatic N) is 2. The molecule has 0 saturated carbocycles. The average molecular weight is 327 g/mol. The van der Waals surface area contributed by atoms with Crippen LogP contribution in [0.5, 0.6) is 5.75 Å². The molecule has 126 valence electrons. The molecule has 0 saturated heterocycles. The Labute approximate surface area is 133 Å². The van der Waals surface area contributed by atoms with Gasteiger partial charge in [-0.2, -0.15) is 13.2 Å². The molecule has 0 radical (unpaired) electrons. The number of benzene rings is 1. The first-order chi connectivity index (χ1) is 10.8. The molecule has 1 aromatic heterocycles. The lowest BCUT2D eigenvalue weighted by molar-refractivity contribution is -0.143. The van der Waals surface area contributed by atoms with Gasteiger partial charge in [-0.25, -0.2) is 4.98 Å². The molecule has 1 aromatic carbocycles. The number of halogens is 3. The average Bonchev–Trinajstić information content (AvgIpc) is 2.84. The highest BCUT2D eigenvalue weighted by molar-refractivity contribution is 5.31. The fourth-order valence-electron chi connectivity index (χ4n) is 2.19. The van der Waals surface area contributed by atoms with Crippen molar-refractivity contribution in [3.8, 4) is 5.75 Å². The summed E-state index contributed by atoms with van der Waals surface area (Å²) in [6.45, 7) is 4.30. The van der Waals surface area contributed by atoms with Crippen LogP contribution in [-0.4, -0.2) is 22.2 Å². The molecular weight excluding hydrogens is 307 g/mol. The van der Waals surface area contributed by atoms with Crippen LogP contribution in [0.4, 0.5) is 19.1 Å². The van der Waals surface area contributed by atoms with Crippen molar-refractivity contribution < 1.29 is 17.9 Å². The van der Waals surface area contributed by atoms with E-state index in [9.17, 15) is 13.2 Å². The summed E-state index contributed by atoms with van der Waals surface area (Å²) in [4.78, 5) is 3.79. The summed E-state index contributed by atoms with van der Waals surface area (Å²) in [6.07, 6.45) is -3.03. The maximum atomic E-state index is 12.7. The highest BCUT2D eigenvalue weighted by atomic mass is 19.4. The van der Waals surface area contributed by atoms with Crippen LogP contribution in [0, 0.1) is 6.92 Å². The van der Waals surface area contributed by atoms with Crippen molar-refractivity contribution in [3.05, 3.63) is 41.7 Å². The molecule has 1 unspecified atom stereocenters. The second-order valence-corrected chi connectivity index (χ2v) is 5.37. The second-order valence-electron chi connectivity index (χ2n) is 5.37. The fourth-order valence-corrected chi connectivity index (χ4v) is 2.19. The van der Waals surface area contributed by atoms with Crippen molar-refractivity contribution in [2.24, 2.45) is 7.05 Å². The van der Waals surface area contributed by atoms with E-state index in [0.29, 0.717) is 6.54 Å². The van der Waals surface area contributed by atoms with Crippen LogP contribution in [0.1, 0.15) is 24.6 Å². The summed E-state index contributed by atoms with van der Waals surface area (Å²) in [7, 11) is 1.33. The molecule has 2 aromatic rings. The smallest absolute Gasteiger partial charge is 0.433 e. The van der Waals surface area contributed by atoms with Crippen molar-refractivity contribution in [2.75, 3.05) is 11.9 Å². The molecule has 7 heteroatoms. The Bertz CT molecular complexity index is 652. The molecule has 2 rings (SSSR count). The van der Waals surface area contributed by atoms with Crippen LogP contribution in [0.15, 0.2) is 30.5 Å². The number of aryl methyl sites for hydroxylation is 1. The van der Waals surface area contributed by atoms with Crippen LogP contribution in [0.2, 0.25) is 0 Å². The van der Waals surface area contributed by atoms with E-state index in [0.717, 1.165) is 28.5 Å². The molecule has 0 aliphatic rings. The first-order valence-electron chi connectivity index (χ1n) is 7.37. The van der Waals surface area contributed by atoms with Crippen LogP contribution in [0.3, 0.4) is 0 Å². The lowest BCUT2D eigenvalue weighted by Gasteiger charge is -2.19. The van der Waals surface area contributed by atoms with E-state index in [1.54, 1.807) is 0 Å². The number of aromatic nitrogens is 2. The van der Waals surface area contributed by atoms with E-state index in [1.165, 1.54) is 7.05 Å². The van der Waals surface area contributed by atoms with Crippen LogP contribution in [0.25, 0.3) is 0 Å². The molecule has 0 amide bonds. The summed E-state index contributed by atoms with van der Waals surface area (Å²) in [5.41, 5.74) is 0.303. The molecule has 1 heterocycles. The van der Waals surface area contributed by atoms with E-state index >= 15 is 0 Å². The Morgan fingerprint density at radius 2 is 2.09 bits per heavy atom. The largest absolute Gasteiger partial charge is 0.489 e. The number of anilines is 1. The highest BCUT2D eigenvalue weighted by Gasteiger charge is 2.35. The van der Waals surface area contributed by atoms with Gasteiger partial charge < -0.3 is 14.6 Å². The van der Waals surface area contributed by atoms with Gasteiger partial charge in [-0.05, 0) is 31.0 Å². The van der Waals surface area contributed by atoms with Crippen molar-refractivity contribution in [1.82, 2.24) is 9.55 Å². The predicted molar refractivity (Wildman–Crippen MR) is 82.6 cm³/mol. The predicted octanol–water partition coefficient (Wildman–Crippen LogP) is 4.02. The van der Waals surface area contributed by atoms with E-state index in [2.05, 4.69) is 10.3 Å². The van der Waals surface area contributed by atoms with Gasteiger partial charge in [0.05, 0.1) is 12.7 Å². The zero-order valence-corrected chi connectivity index (χ0v) is 13.3. The maximum Gasteiger partial charge on any atom is 0.433 e. The SMILES string of the molecule is CCC(CNc1ncc(C(F)(F)F)n1C)Oc1cccc(C)c1. The molecule has 0 bridgehead atoms. The van der Waals surface area contributed by atoms with Crippen LogP contribution < -0.4 is 10.1 Å². The van der Waals surface area contributed by atoms with E-state index in [-0.39, 0.29) is 12.1 Å². The van der Waals surface area contributed by atoms with E-state index in [4.69, 9.17) is 4.74 Å². The monoisotopic (exact) mass is 327 g/mol. The third-order valence-corrected chi connectivity index (χ3v) is 3.51. The number of ether oxygens (including phenoxy) is 1. The number of imidazole rings is 1. The quantitative estimate of drug-likeness (QED) is 0.871. The first-order valence-corrected chi connectivity index (χ1v) is 7.37. The van der Waals surface area contributed by atoms with Gasteiger partial charge >= 0.3 is 6.18 Å². The zero-order valence-electron chi connectivity index (χ0n) is 13.3. The van der Waals surface area contributed by atoms with E-state index in [1.807, 2.05) is 38.1 Å². The van der Waals surface area contributed by atoms with Gasteiger partial charge in [0, 0.05) is 7.05 Å². The molecule has 0 aliphatic heterocycles. The zero-order chi connectivity index (χ0) is 17.0. The van der Waals surface area contributed by atoms with Gasteiger partial charge in [0.1, 0.15) is 17.5 Å². The normalized spacial score (nSPS) is 13.0. The second kappa shape index (κ2) is 6.93. The van der Waals surface area contributed by atoms with Crippen molar-refractivity contribution >= 4 is 5.95 Å². The van der Waals surface area contributed by atoms with Gasteiger partial charge in [-0.15, -0.1) is 0 Å². The Morgan fingerprint density at radius 1 is 1.35 bits per heavy atom. The minimum absolute atomic E-state index is 0.164. The van der Waals surface area contributed by atoms with Gasteiger partial charge in [0.2, 0.25) is 5.95 Å². The third-order valence-electron chi connectivity index (χ3n) is 3.51. The Balaban J connectivity index is 2.00. The van der Waals surface area contributed by atoms with Crippen molar-refractivity contribution in [2.45, 2.75) is 32.5 Å². The summed E-state index contributed by atoms with van der Waals surface area (Å²) >= 11 is 0. The molecule has 1 atom stereocenters. The van der Waals surface area contributed by atoms with Gasteiger partial charge in [-0.1, -0.05) is 19.1 Å². The third kappa shape index (κ3) is 4.40. The molecular formula is C16H20F3N3O. The topological polar surface area (TPSA) is 39.1 Å². The van der Waals surface area contributed by atoms with Gasteiger partial charge in [0.25, 0.3) is 0 Å². The molecule has 0 aliphatic carbocycles. The van der Waals surface area contributed by atoms with Crippen LogP contribution in [-0.2, 0) is 13.2 Å². The Hall–Kier alpha value is -2.18. The summed E-state index contributed by atoms with van der Waals surface area (Å²) in [6, 6.07) is 7.65. The Kier molecular flexibility index (Phi) is 5.18. The summed E-state index contributed by atoms with van der Waals surface area (Å²) in [5, 5.41) is 2.92. The standard InChI is InChI=1S/C16H20F3N3O/c1-4-12(23-13-7-5-6-11(2)8-13)9-20-15-21-10-14(22(15)3)16(17,18)19/h5-8,10,12H,4,9H2,1-3H3,(H,20,21). The lowest BCUT2D eigenvalue weighted by Crippen LogP contribution is -2.26. The molecule has 23 heavy (non-hydrogen) atoms. The Morgan fingerprint density at radius 3 is 2.65 bits per heavy atom.